The first kappa shape index (κ1) is 31.7. The zero-order chi connectivity index (χ0) is 34.2. The SMILES string of the molecule is C[n+]1cn(-c2cc(Oc3ccc4c5c(C(C)(C)C)cccc5n(-c5cc(C(C)(C)C)ccn5)c4c3)cc(C(C)(C)C)c2)c2ccccc21. The molecule has 0 bridgehead atoms. The van der Waals surface area contributed by atoms with Crippen LogP contribution in [0.25, 0.3) is 44.3 Å². The molecule has 0 atom stereocenters. The van der Waals surface area contributed by atoms with Gasteiger partial charge in [-0.15, -0.1) is 0 Å². The third-order valence-corrected chi connectivity index (χ3v) is 9.49. The predicted molar refractivity (Wildman–Crippen MR) is 199 cm³/mol. The Morgan fingerprint density at radius 2 is 1.35 bits per heavy atom. The number of fused-ring (bicyclic) bond motifs is 4. The summed E-state index contributed by atoms with van der Waals surface area (Å²) in [6.45, 7) is 20.4. The molecule has 0 aliphatic rings. The highest BCUT2D eigenvalue weighted by Crippen LogP contribution is 2.41. The van der Waals surface area contributed by atoms with Crippen LogP contribution in [0.15, 0.2) is 104 Å². The number of hydrogen-bond donors (Lipinski definition) is 0. The highest BCUT2D eigenvalue weighted by molar-refractivity contribution is 6.11. The van der Waals surface area contributed by atoms with Gasteiger partial charge < -0.3 is 4.74 Å². The van der Waals surface area contributed by atoms with Gasteiger partial charge in [0.1, 0.15) is 23.0 Å². The molecule has 3 heterocycles. The van der Waals surface area contributed by atoms with Crippen molar-refractivity contribution in [3.8, 4) is 23.0 Å². The number of rotatable bonds is 4. The van der Waals surface area contributed by atoms with Gasteiger partial charge in [0.15, 0.2) is 11.0 Å². The number of aryl methyl sites for hydroxylation is 1. The molecule has 48 heavy (non-hydrogen) atoms. The van der Waals surface area contributed by atoms with Gasteiger partial charge in [0.2, 0.25) is 6.33 Å². The molecule has 244 valence electrons. The maximum absolute atomic E-state index is 6.81. The lowest BCUT2D eigenvalue weighted by Gasteiger charge is -2.21. The Morgan fingerprint density at radius 1 is 0.625 bits per heavy atom. The summed E-state index contributed by atoms with van der Waals surface area (Å²) in [5.41, 5.74) is 9.32. The number of hydrogen-bond acceptors (Lipinski definition) is 2. The summed E-state index contributed by atoms with van der Waals surface area (Å²) in [6, 6.07) is 32.6. The van der Waals surface area contributed by atoms with Gasteiger partial charge in [0, 0.05) is 29.1 Å². The van der Waals surface area contributed by atoms with Gasteiger partial charge in [-0.2, -0.15) is 4.57 Å². The number of benzene rings is 4. The van der Waals surface area contributed by atoms with Crippen LogP contribution in [0.1, 0.15) is 79.0 Å². The first-order valence-electron chi connectivity index (χ1n) is 16.9. The summed E-state index contributed by atoms with van der Waals surface area (Å²) in [7, 11) is 2.09. The third kappa shape index (κ3) is 5.55. The lowest BCUT2D eigenvalue weighted by Crippen LogP contribution is -2.25. The molecule has 0 radical (unpaired) electrons. The summed E-state index contributed by atoms with van der Waals surface area (Å²) in [4.78, 5) is 4.93. The molecule has 4 aromatic carbocycles. The quantitative estimate of drug-likeness (QED) is 0.180. The third-order valence-electron chi connectivity index (χ3n) is 9.49. The molecule has 0 amide bonds. The van der Waals surface area contributed by atoms with E-state index in [1.807, 2.05) is 6.20 Å². The maximum Gasteiger partial charge on any atom is 0.249 e. The van der Waals surface area contributed by atoms with Crippen molar-refractivity contribution in [2.75, 3.05) is 0 Å². The van der Waals surface area contributed by atoms with Crippen LogP contribution in [-0.4, -0.2) is 14.1 Å². The number of ether oxygens (including phenoxy) is 1. The van der Waals surface area contributed by atoms with Crippen LogP contribution in [-0.2, 0) is 23.3 Å². The van der Waals surface area contributed by atoms with Gasteiger partial charge in [0.25, 0.3) is 0 Å². The molecule has 5 nitrogen and oxygen atoms in total. The molecule has 5 heteroatoms. The second kappa shape index (κ2) is 11.1. The topological polar surface area (TPSA) is 35.9 Å². The molecule has 7 aromatic rings. The Kier molecular flexibility index (Phi) is 7.32. The Balaban J connectivity index is 1.43. The van der Waals surface area contributed by atoms with Crippen molar-refractivity contribution in [1.82, 2.24) is 14.1 Å². The Morgan fingerprint density at radius 3 is 2.08 bits per heavy atom. The van der Waals surface area contributed by atoms with Crippen molar-refractivity contribution in [2.45, 2.75) is 78.6 Å². The molecular formula is C43H47N4O+. The molecule has 0 fully saturated rings. The molecule has 0 spiro atoms. The Bertz CT molecular complexity index is 2330. The van der Waals surface area contributed by atoms with Crippen LogP contribution >= 0.6 is 0 Å². The average molecular weight is 636 g/mol. The van der Waals surface area contributed by atoms with E-state index in [0.717, 1.165) is 39.6 Å². The van der Waals surface area contributed by atoms with Crippen LogP contribution in [0, 0.1) is 0 Å². The fourth-order valence-corrected chi connectivity index (χ4v) is 6.81. The van der Waals surface area contributed by atoms with Crippen LogP contribution < -0.4 is 9.30 Å². The van der Waals surface area contributed by atoms with Crippen LogP contribution in [0.5, 0.6) is 11.5 Å². The lowest BCUT2D eigenvalue weighted by molar-refractivity contribution is -0.645. The normalized spacial score (nSPS) is 12.8. The standard InChI is InChI=1S/C43H47N4O/c1-41(2,3)28-20-21-44-39(24-28)47-37-17-13-14-34(43(7,8)9)40(37)33-19-18-31(26-38(33)47)48-32-23-29(42(4,5)6)22-30(25-32)46-27-45(10)35-15-11-12-16-36(35)46/h11-27H,1-10H3/q+1. The van der Waals surface area contributed by atoms with Gasteiger partial charge in [-0.05, 0) is 87.5 Å². The van der Waals surface area contributed by atoms with Crippen molar-refractivity contribution >= 4 is 32.8 Å². The minimum Gasteiger partial charge on any atom is -0.457 e. The fraction of sp³-hybridized carbons (Fsp3) is 0.302. The first-order chi connectivity index (χ1) is 22.6. The second-order valence-corrected chi connectivity index (χ2v) is 16.3. The van der Waals surface area contributed by atoms with E-state index in [1.165, 1.54) is 33.0 Å². The van der Waals surface area contributed by atoms with Gasteiger partial charge >= 0.3 is 0 Å². The van der Waals surface area contributed by atoms with Crippen molar-refractivity contribution in [3.05, 3.63) is 120 Å². The molecule has 0 aliphatic carbocycles. The molecule has 0 unspecified atom stereocenters. The first-order valence-corrected chi connectivity index (χ1v) is 16.9. The zero-order valence-corrected chi connectivity index (χ0v) is 30.0. The van der Waals surface area contributed by atoms with Gasteiger partial charge in [-0.1, -0.05) is 86.6 Å². The summed E-state index contributed by atoms with van der Waals surface area (Å²) in [6.07, 6.45) is 4.08. The smallest absolute Gasteiger partial charge is 0.249 e. The van der Waals surface area contributed by atoms with Crippen molar-refractivity contribution in [2.24, 2.45) is 7.05 Å². The zero-order valence-electron chi connectivity index (χ0n) is 30.0. The number of nitrogens with zero attached hydrogens (tertiary/aromatic N) is 4. The van der Waals surface area contributed by atoms with Crippen molar-refractivity contribution in [3.63, 3.8) is 0 Å². The monoisotopic (exact) mass is 635 g/mol. The van der Waals surface area contributed by atoms with E-state index >= 15 is 0 Å². The number of para-hydroxylation sites is 2. The molecule has 0 saturated heterocycles. The van der Waals surface area contributed by atoms with Crippen LogP contribution in [0.3, 0.4) is 0 Å². The van der Waals surface area contributed by atoms with Gasteiger partial charge in [-0.25, -0.2) is 9.55 Å². The molecule has 7 rings (SSSR count). The van der Waals surface area contributed by atoms with E-state index in [1.54, 1.807) is 0 Å². The van der Waals surface area contributed by atoms with Gasteiger partial charge in [-0.3, -0.25) is 4.57 Å². The molecular weight excluding hydrogens is 589 g/mol. The summed E-state index contributed by atoms with van der Waals surface area (Å²) in [5, 5.41) is 2.46. The minimum absolute atomic E-state index is 0.000833. The van der Waals surface area contributed by atoms with Crippen LogP contribution in [0.4, 0.5) is 0 Å². The summed E-state index contributed by atoms with van der Waals surface area (Å²) in [5.74, 6) is 2.51. The van der Waals surface area contributed by atoms with E-state index in [-0.39, 0.29) is 16.2 Å². The van der Waals surface area contributed by atoms with Gasteiger partial charge in [0.05, 0.1) is 18.1 Å². The van der Waals surface area contributed by atoms with Crippen LogP contribution in [0.2, 0.25) is 0 Å². The summed E-state index contributed by atoms with van der Waals surface area (Å²) < 4.78 is 13.5. The molecule has 0 aliphatic heterocycles. The van der Waals surface area contributed by atoms with E-state index < -0.39 is 0 Å². The minimum atomic E-state index is -0.0667. The predicted octanol–water partition coefficient (Wildman–Crippen LogP) is 10.6. The highest BCUT2D eigenvalue weighted by atomic mass is 16.5. The number of pyridine rings is 1. The number of aromatic nitrogens is 4. The summed E-state index contributed by atoms with van der Waals surface area (Å²) >= 11 is 0. The lowest BCUT2D eigenvalue weighted by atomic mass is 9.84. The Labute approximate surface area is 284 Å². The van der Waals surface area contributed by atoms with E-state index in [0.29, 0.717) is 0 Å². The Hall–Kier alpha value is -4.90. The number of imidazole rings is 1. The van der Waals surface area contributed by atoms with Crippen molar-refractivity contribution < 1.29 is 9.30 Å². The van der Waals surface area contributed by atoms with E-state index in [9.17, 15) is 0 Å². The molecule has 3 aromatic heterocycles. The van der Waals surface area contributed by atoms with Crippen molar-refractivity contribution in [1.29, 1.82) is 0 Å². The highest BCUT2D eigenvalue weighted by Gasteiger charge is 2.25. The largest absolute Gasteiger partial charge is 0.457 e. The van der Waals surface area contributed by atoms with E-state index in [4.69, 9.17) is 9.72 Å². The molecule has 0 N–H and O–H groups in total. The maximum atomic E-state index is 6.81. The molecule has 0 saturated carbocycles. The fourth-order valence-electron chi connectivity index (χ4n) is 6.81. The average Bonchev–Trinajstić information content (AvgIpc) is 3.54. The second-order valence-electron chi connectivity index (χ2n) is 16.3. The van der Waals surface area contributed by atoms with E-state index in [2.05, 4.69) is 180 Å².